The molecule has 0 spiro atoms. The van der Waals surface area contributed by atoms with Gasteiger partial charge < -0.3 is 4.74 Å². The van der Waals surface area contributed by atoms with Crippen molar-refractivity contribution in [3.05, 3.63) is 40.3 Å². The zero-order valence-corrected chi connectivity index (χ0v) is 14.2. The number of aryl methyl sites for hydroxylation is 1. The molecule has 2 aliphatic rings. The SMILES string of the molecule is CCc1ccc(/C=C2\SC(=S)N(CC3CCCO3)C2=O)cc1. The number of nitrogens with zero attached hydrogens (tertiary/aromatic N) is 1. The summed E-state index contributed by atoms with van der Waals surface area (Å²) >= 11 is 6.74. The van der Waals surface area contributed by atoms with Gasteiger partial charge in [-0.25, -0.2) is 0 Å². The Morgan fingerprint density at radius 3 is 2.82 bits per heavy atom. The van der Waals surface area contributed by atoms with E-state index in [1.165, 1.54) is 17.3 Å². The van der Waals surface area contributed by atoms with Crippen molar-refractivity contribution in [1.82, 2.24) is 4.90 Å². The number of hydrogen-bond donors (Lipinski definition) is 0. The second-order valence-electron chi connectivity index (χ2n) is 5.52. The molecule has 22 heavy (non-hydrogen) atoms. The van der Waals surface area contributed by atoms with Gasteiger partial charge in [-0.15, -0.1) is 0 Å². The molecule has 1 atom stereocenters. The summed E-state index contributed by atoms with van der Waals surface area (Å²) in [4.78, 5) is 14.9. The molecular weight excluding hydrogens is 314 g/mol. The largest absolute Gasteiger partial charge is 0.376 e. The van der Waals surface area contributed by atoms with Crippen LogP contribution in [0.1, 0.15) is 30.9 Å². The van der Waals surface area contributed by atoms with Crippen molar-refractivity contribution >= 4 is 40.3 Å². The van der Waals surface area contributed by atoms with Gasteiger partial charge >= 0.3 is 0 Å². The topological polar surface area (TPSA) is 29.5 Å². The van der Waals surface area contributed by atoms with E-state index in [1.54, 1.807) is 4.90 Å². The number of amides is 1. The Morgan fingerprint density at radius 2 is 2.18 bits per heavy atom. The second-order valence-corrected chi connectivity index (χ2v) is 7.20. The molecule has 0 saturated carbocycles. The van der Waals surface area contributed by atoms with Crippen molar-refractivity contribution in [3.8, 4) is 0 Å². The summed E-state index contributed by atoms with van der Waals surface area (Å²) in [5.74, 6) is 0.00469. The molecule has 5 heteroatoms. The van der Waals surface area contributed by atoms with Crippen molar-refractivity contribution in [2.45, 2.75) is 32.3 Å². The van der Waals surface area contributed by atoms with Gasteiger partial charge in [0, 0.05) is 6.61 Å². The zero-order valence-electron chi connectivity index (χ0n) is 12.6. The molecule has 1 aromatic carbocycles. The third-order valence-corrected chi connectivity index (χ3v) is 5.35. The first-order valence-corrected chi connectivity index (χ1v) is 8.85. The second kappa shape index (κ2) is 6.94. The predicted octanol–water partition coefficient (Wildman–Crippen LogP) is 3.63. The summed E-state index contributed by atoms with van der Waals surface area (Å²) < 4.78 is 6.24. The molecule has 0 bridgehead atoms. The first-order valence-electron chi connectivity index (χ1n) is 7.63. The Bertz CT molecular complexity index is 604. The Morgan fingerprint density at radius 1 is 1.41 bits per heavy atom. The van der Waals surface area contributed by atoms with E-state index >= 15 is 0 Å². The van der Waals surface area contributed by atoms with E-state index in [0.717, 1.165) is 31.4 Å². The van der Waals surface area contributed by atoms with Crippen LogP contribution in [0.2, 0.25) is 0 Å². The maximum Gasteiger partial charge on any atom is 0.266 e. The van der Waals surface area contributed by atoms with Crippen LogP contribution >= 0.6 is 24.0 Å². The zero-order chi connectivity index (χ0) is 15.5. The summed E-state index contributed by atoms with van der Waals surface area (Å²) in [6, 6.07) is 8.29. The summed E-state index contributed by atoms with van der Waals surface area (Å²) in [5, 5.41) is 0. The highest BCUT2D eigenvalue weighted by atomic mass is 32.2. The Hall–Kier alpha value is -1.17. The quantitative estimate of drug-likeness (QED) is 0.622. The summed E-state index contributed by atoms with van der Waals surface area (Å²) in [7, 11) is 0. The molecule has 3 nitrogen and oxygen atoms in total. The monoisotopic (exact) mass is 333 g/mol. The third kappa shape index (κ3) is 3.42. The predicted molar refractivity (Wildman–Crippen MR) is 94.7 cm³/mol. The number of ether oxygens (including phenoxy) is 1. The fraction of sp³-hybridized carbons (Fsp3) is 0.412. The Kier molecular flexibility index (Phi) is 4.96. The summed E-state index contributed by atoms with van der Waals surface area (Å²) in [6.07, 6.45) is 5.15. The molecule has 1 unspecified atom stereocenters. The Labute approximate surface area is 140 Å². The van der Waals surface area contributed by atoms with E-state index < -0.39 is 0 Å². The molecule has 3 rings (SSSR count). The van der Waals surface area contributed by atoms with Gasteiger partial charge in [-0.05, 0) is 36.5 Å². The van der Waals surface area contributed by atoms with Gasteiger partial charge in [-0.3, -0.25) is 9.69 Å². The lowest BCUT2D eigenvalue weighted by molar-refractivity contribution is -0.123. The van der Waals surface area contributed by atoms with E-state index in [-0.39, 0.29) is 12.0 Å². The third-order valence-electron chi connectivity index (χ3n) is 3.97. The smallest absolute Gasteiger partial charge is 0.266 e. The molecule has 0 N–H and O–H groups in total. The number of carbonyl (C=O) groups excluding carboxylic acids is 1. The minimum absolute atomic E-state index is 0.00469. The fourth-order valence-electron chi connectivity index (χ4n) is 2.65. The molecule has 0 aromatic heterocycles. The van der Waals surface area contributed by atoms with Crippen LogP contribution in [0, 0.1) is 0 Å². The normalized spacial score (nSPS) is 23.8. The van der Waals surface area contributed by atoms with E-state index in [4.69, 9.17) is 17.0 Å². The van der Waals surface area contributed by atoms with Crippen molar-refractivity contribution in [2.24, 2.45) is 0 Å². The first-order chi connectivity index (χ1) is 10.7. The lowest BCUT2D eigenvalue weighted by atomic mass is 10.1. The Balaban J connectivity index is 1.72. The average molecular weight is 333 g/mol. The maximum absolute atomic E-state index is 12.5. The first kappa shape index (κ1) is 15.7. The van der Waals surface area contributed by atoms with Crippen LogP contribution in [0.15, 0.2) is 29.2 Å². The molecule has 0 radical (unpaired) electrons. The molecule has 2 saturated heterocycles. The number of benzene rings is 1. The molecular formula is C17H19NO2S2. The van der Waals surface area contributed by atoms with E-state index in [9.17, 15) is 4.79 Å². The van der Waals surface area contributed by atoms with Gasteiger partial charge in [0.15, 0.2) is 0 Å². The minimum atomic E-state index is 0.00469. The standard InChI is InChI=1S/C17H19NO2S2/c1-2-12-5-7-13(8-6-12)10-15-16(19)18(17(21)22-15)11-14-4-3-9-20-14/h5-8,10,14H,2-4,9,11H2,1H3/b15-10-. The number of thioether (sulfide) groups is 1. The lowest BCUT2D eigenvalue weighted by Crippen LogP contribution is -2.35. The molecule has 0 aliphatic carbocycles. The van der Waals surface area contributed by atoms with Crippen molar-refractivity contribution < 1.29 is 9.53 Å². The molecule has 2 heterocycles. The van der Waals surface area contributed by atoms with Gasteiger partial charge in [0.05, 0.1) is 17.6 Å². The van der Waals surface area contributed by atoms with E-state index in [0.29, 0.717) is 15.8 Å². The average Bonchev–Trinajstić information content (AvgIpc) is 3.13. The van der Waals surface area contributed by atoms with Crippen LogP contribution < -0.4 is 0 Å². The highest BCUT2D eigenvalue weighted by Crippen LogP contribution is 2.33. The maximum atomic E-state index is 12.5. The van der Waals surface area contributed by atoms with Crippen molar-refractivity contribution in [3.63, 3.8) is 0 Å². The van der Waals surface area contributed by atoms with Crippen LogP contribution in [-0.4, -0.2) is 34.4 Å². The highest BCUT2D eigenvalue weighted by Gasteiger charge is 2.34. The van der Waals surface area contributed by atoms with Crippen LogP contribution in [0.5, 0.6) is 0 Å². The molecule has 1 aromatic rings. The number of carbonyl (C=O) groups is 1. The van der Waals surface area contributed by atoms with Gasteiger partial charge in [0.2, 0.25) is 0 Å². The van der Waals surface area contributed by atoms with E-state index in [1.807, 2.05) is 18.2 Å². The number of rotatable bonds is 4. The highest BCUT2D eigenvalue weighted by molar-refractivity contribution is 8.26. The van der Waals surface area contributed by atoms with Gasteiger partial charge in [-0.1, -0.05) is 55.2 Å². The van der Waals surface area contributed by atoms with Crippen LogP contribution in [0.4, 0.5) is 0 Å². The molecule has 116 valence electrons. The molecule has 1 amide bonds. The van der Waals surface area contributed by atoms with Crippen molar-refractivity contribution in [1.29, 1.82) is 0 Å². The minimum Gasteiger partial charge on any atom is -0.376 e. The number of hydrogen-bond acceptors (Lipinski definition) is 4. The fourth-order valence-corrected chi connectivity index (χ4v) is 3.93. The molecule has 2 aliphatic heterocycles. The van der Waals surface area contributed by atoms with Gasteiger partial charge in [0.1, 0.15) is 4.32 Å². The number of thiocarbonyl (C=S) groups is 1. The van der Waals surface area contributed by atoms with Crippen molar-refractivity contribution in [2.75, 3.05) is 13.2 Å². The summed E-state index contributed by atoms with van der Waals surface area (Å²) in [6.45, 7) is 3.50. The van der Waals surface area contributed by atoms with Gasteiger partial charge in [0.25, 0.3) is 5.91 Å². The van der Waals surface area contributed by atoms with E-state index in [2.05, 4.69) is 19.1 Å². The summed E-state index contributed by atoms with van der Waals surface area (Å²) in [5.41, 5.74) is 2.33. The van der Waals surface area contributed by atoms with Crippen LogP contribution in [0.3, 0.4) is 0 Å². The van der Waals surface area contributed by atoms with Crippen LogP contribution in [0.25, 0.3) is 6.08 Å². The lowest BCUT2D eigenvalue weighted by Gasteiger charge is -2.18. The van der Waals surface area contributed by atoms with Gasteiger partial charge in [-0.2, -0.15) is 0 Å². The molecule has 2 fully saturated rings. The van der Waals surface area contributed by atoms with Crippen LogP contribution in [-0.2, 0) is 16.0 Å².